The van der Waals surface area contributed by atoms with Crippen molar-refractivity contribution >= 4 is 15.9 Å². The number of hydrogen-bond donors (Lipinski definition) is 0. The van der Waals surface area contributed by atoms with Gasteiger partial charge in [-0.05, 0) is 47.5 Å². The molecule has 0 aliphatic carbocycles. The highest BCUT2D eigenvalue weighted by Crippen LogP contribution is 2.31. The fraction of sp³-hybridized carbons (Fsp3) is 0.182. The van der Waals surface area contributed by atoms with Crippen molar-refractivity contribution < 1.29 is 8.91 Å². The number of aromatic nitrogens is 1. The van der Waals surface area contributed by atoms with Crippen molar-refractivity contribution in [3.8, 4) is 11.3 Å². The Balaban J connectivity index is 2.59. The standard InChI is InChI=1S/C11H9BrFNO/c1-6-3-4-8(9(13)5-6)11-10(12)7(2)15-14-11/h3-5H,1-2H3. The van der Waals surface area contributed by atoms with Crippen LogP contribution < -0.4 is 0 Å². The van der Waals surface area contributed by atoms with Crippen LogP contribution in [0.5, 0.6) is 0 Å². The zero-order chi connectivity index (χ0) is 11.0. The van der Waals surface area contributed by atoms with Gasteiger partial charge in [-0.25, -0.2) is 4.39 Å². The smallest absolute Gasteiger partial charge is 0.148 e. The van der Waals surface area contributed by atoms with E-state index in [1.54, 1.807) is 13.0 Å². The summed E-state index contributed by atoms with van der Waals surface area (Å²) in [6, 6.07) is 5.02. The van der Waals surface area contributed by atoms with E-state index in [1.807, 2.05) is 13.0 Å². The first-order valence-corrected chi connectivity index (χ1v) is 5.27. The van der Waals surface area contributed by atoms with E-state index in [4.69, 9.17) is 4.52 Å². The van der Waals surface area contributed by atoms with Crippen LogP contribution in [0.3, 0.4) is 0 Å². The molecule has 4 heteroatoms. The van der Waals surface area contributed by atoms with Gasteiger partial charge < -0.3 is 4.52 Å². The molecule has 0 bridgehead atoms. The van der Waals surface area contributed by atoms with Gasteiger partial charge in [0.05, 0.1) is 4.47 Å². The van der Waals surface area contributed by atoms with E-state index in [2.05, 4.69) is 21.1 Å². The summed E-state index contributed by atoms with van der Waals surface area (Å²) < 4.78 is 19.3. The molecule has 1 heterocycles. The van der Waals surface area contributed by atoms with Gasteiger partial charge in [0.15, 0.2) is 0 Å². The lowest BCUT2D eigenvalue weighted by Crippen LogP contribution is -1.86. The van der Waals surface area contributed by atoms with Gasteiger partial charge in [-0.3, -0.25) is 0 Å². The van der Waals surface area contributed by atoms with Crippen molar-refractivity contribution in [3.63, 3.8) is 0 Å². The molecule has 2 aromatic rings. The van der Waals surface area contributed by atoms with Crippen LogP contribution in [0.15, 0.2) is 27.2 Å². The second kappa shape index (κ2) is 3.77. The molecule has 0 radical (unpaired) electrons. The molecule has 0 aliphatic heterocycles. The number of hydrogen-bond acceptors (Lipinski definition) is 2. The van der Waals surface area contributed by atoms with Crippen LogP contribution in [-0.2, 0) is 0 Å². The Kier molecular flexibility index (Phi) is 2.61. The van der Waals surface area contributed by atoms with E-state index >= 15 is 0 Å². The summed E-state index contributed by atoms with van der Waals surface area (Å²) in [5.74, 6) is 0.356. The van der Waals surface area contributed by atoms with Crippen LogP contribution >= 0.6 is 15.9 Å². The fourth-order valence-electron chi connectivity index (χ4n) is 1.34. The van der Waals surface area contributed by atoms with Crippen molar-refractivity contribution in [1.29, 1.82) is 0 Å². The monoisotopic (exact) mass is 269 g/mol. The van der Waals surface area contributed by atoms with E-state index in [9.17, 15) is 4.39 Å². The average Bonchev–Trinajstić information content (AvgIpc) is 2.49. The highest BCUT2D eigenvalue weighted by molar-refractivity contribution is 9.10. The van der Waals surface area contributed by atoms with Crippen LogP contribution in [-0.4, -0.2) is 5.16 Å². The average molecular weight is 270 g/mol. The van der Waals surface area contributed by atoms with Gasteiger partial charge in [-0.15, -0.1) is 0 Å². The lowest BCUT2D eigenvalue weighted by atomic mass is 10.1. The third kappa shape index (κ3) is 1.81. The third-order valence-corrected chi connectivity index (χ3v) is 3.10. The van der Waals surface area contributed by atoms with Crippen LogP contribution in [0, 0.1) is 19.7 Å². The lowest BCUT2D eigenvalue weighted by Gasteiger charge is -2.00. The molecule has 78 valence electrons. The molecule has 2 nitrogen and oxygen atoms in total. The molecule has 0 unspecified atom stereocenters. The Labute approximate surface area is 95.2 Å². The predicted molar refractivity (Wildman–Crippen MR) is 59.1 cm³/mol. The summed E-state index contributed by atoms with van der Waals surface area (Å²) in [7, 11) is 0. The topological polar surface area (TPSA) is 26.0 Å². The number of nitrogens with zero attached hydrogens (tertiary/aromatic N) is 1. The molecule has 0 atom stereocenters. The summed E-state index contributed by atoms with van der Waals surface area (Å²) in [6.45, 7) is 3.61. The molecule has 0 aliphatic rings. The number of aryl methyl sites for hydroxylation is 2. The Bertz CT molecular complexity index is 507. The van der Waals surface area contributed by atoms with Gasteiger partial charge in [0.2, 0.25) is 0 Å². The Morgan fingerprint density at radius 1 is 1.33 bits per heavy atom. The highest BCUT2D eigenvalue weighted by Gasteiger charge is 2.15. The van der Waals surface area contributed by atoms with Crippen molar-refractivity contribution in [2.45, 2.75) is 13.8 Å². The minimum Gasteiger partial charge on any atom is -0.360 e. The van der Waals surface area contributed by atoms with E-state index in [-0.39, 0.29) is 5.82 Å². The maximum atomic E-state index is 13.6. The summed E-state index contributed by atoms with van der Waals surface area (Å²) in [6.07, 6.45) is 0. The Morgan fingerprint density at radius 2 is 2.07 bits per heavy atom. The maximum absolute atomic E-state index is 13.6. The molecule has 0 spiro atoms. The van der Waals surface area contributed by atoms with E-state index in [1.165, 1.54) is 6.07 Å². The quantitative estimate of drug-likeness (QED) is 0.786. The van der Waals surface area contributed by atoms with E-state index in [0.29, 0.717) is 21.5 Å². The Hall–Kier alpha value is -1.16. The lowest BCUT2D eigenvalue weighted by molar-refractivity contribution is 0.398. The largest absolute Gasteiger partial charge is 0.360 e. The van der Waals surface area contributed by atoms with Crippen molar-refractivity contribution in [2.75, 3.05) is 0 Å². The first-order chi connectivity index (χ1) is 7.09. The van der Waals surface area contributed by atoms with Crippen LogP contribution in [0.2, 0.25) is 0 Å². The Morgan fingerprint density at radius 3 is 2.60 bits per heavy atom. The van der Waals surface area contributed by atoms with Crippen molar-refractivity contribution in [3.05, 3.63) is 39.8 Å². The van der Waals surface area contributed by atoms with Crippen LogP contribution in [0.1, 0.15) is 11.3 Å². The van der Waals surface area contributed by atoms with Crippen LogP contribution in [0.25, 0.3) is 11.3 Å². The van der Waals surface area contributed by atoms with Crippen LogP contribution in [0.4, 0.5) is 4.39 Å². The molecule has 2 rings (SSSR count). The van der Waals surface area contributed by atoms with Crippen molar-refractivity contribution in [1.82, 2.24) is 5.16 Å². The zero-order valence-corrected chi connectivity index (χ0v) is 9.93. The number of halogens is 2. The summed E-state index contributed by atoms with van der Waals surface area (Å²) in [5, 5.41) is 3.81. The van der Waals surface area contributed by atoms with E-state index in [0.717, 1.165) is 5.56 Å². The molecule has 0 N–H and O–H groups in total. The fourth-order valence-corrected chi connectivity index (χ4v) is 1.70. The molecular formula is C11H9BrFNO. The van der Waals surface area contributed by atoms with Gasteiger partial charge in [0, 0.05) is 5.56 Å². The minimum atomic E-state index is -0.288. The second-order valence-corrected chi connectivity index (χ2v) is 4.18. The van der Waals surface area contributed by atoms with Gasteiger partial charge in [0.25, 0.3) is 0 Å². The van der Waals surface area contributed by atoms with E-state index < -0.39 is 0 Å². The minimum absolute atomic E-state index is 0.288. The third-order valence-electron chi connectivity index (χ3n) is 2.17. The molecule has 0 saturated carbocycles. The number of rotatable bonds is 1. The summed E-state index contributed by atoms with van der Waals surface area (Å²) in [4.78, 5) is 0. The number of benzene rings is 1. The molecular weight excluding hydrogens is 261 g/mol. The predicted octanol–water partition coefficient (Wildman–Crippen LogP) is 3.86. The normalized spacial score (nSPS) is 10.7. The van der Waals surface area contributed by atoms with Gasteiger partial charge in [0.1, 0.15) is 17.3 Å². The summed E-state index contributed by atoms with van der Waals surface area (Å²) >= 11 is 3.32. The molecule has 1 aromatic carbocycles. The first kappa shape index (κ1) is 10.4. The molecule has 0 saturated heterocycles. The highest BCUT2D eigenvalue weighted by atomic mass is 79.9. The molecule has 1 aromatic heterocycles. The van der Waals surface area contributed by atoms with Crippen molar-refractivity contribution in [2.24, 2.45) is 0 Å². The second-order valence-electron chi connectivity index (χ2n) is 3.38. The summed E-state index contributed by atoms with van der Waals surface area (Å²) in [5.41, 5.74) is 1.84. The maximum Gasteiger partial charge on any atom is 0.148 e. The first-order valence-electron chi connectivity index (χ1n) is 4.48. The molecule has 15 heavy (non-hydrogen) atoms. The van der Waals surface area contributed by atoms with Gasteiger partial charge >= 0.3 is 0 Å². The molecule has 0 fully saturated rings. The van der Waals surface area contributed by atoms with Gasteiger partial charge in [-0.1, -0.05) is 11.2 Å². The SMILES string of the molecule is Cc1ccc(-c2noc(C)c2Br)c(F)c1. The zero-order valence-electron chi connectivity index (χ0n) is 8.34. The molecule has 0 amide bonds. The van der Waals surface area contributed by atoms with Gasteiger partial charge in [-0.2, -0.15) is 0 Å².